The normalized spacial score (nSPS) is 11.2. The fourth-order valence-electron chi connectivity index (χ4n) is 3.54. The molecule has 3 heteroatoms. The van der Waals surface area contributed by atoms with Gasteiger partial charge < -0.3 is 0 Å². The van der Waals surface area contributed by atoms with Crippen molar-refractivity contribution < 1.29 is 4.79 Å². The van der Waals surface area contributed by atoms with E-state index >= 15 is 0 Å². The van der Waals surface area contributed by atoms with Gasteiger partial charge in [-0.05, 0) is 18.9 Å². The second kappa shape index (κ2) is 18.4. The van der Waals surface area contributed by atoms with Gasteiger partial charge in [0.1, 0.15) is 0 Å². The van der Waals surface area contributed by atoms with E-state index in [0.717, 1.165) is 18.4 Å². The molecule has 0 saturated heterocycles. The molecule has 1 N–H and O–H groups in total. The summed E-state index contributed by atoms with van der Waals surface area (Å²) in [6.07, 6.45) is 22.4. The van der Waals surface area contributed by atoms with Crippen LogP contribution in [-0.4, -0.2) is 12.1 Å². The van der Waals surface area contributed by atoms with Crippen molar-refractivity contribution >= 4 is 12.1 Å². The van der Waals surface area contributed by atoms with Crippen LogP contribution < -0.4 is 5.43 Å². The van der Waals surface area contributed by atoms with Gasteiger partial charge in [-0.1, -0.05) is 127 Å². The third kappa shape index (κ3) is 15.9. The molecule has 0 heterocycles. The highest BCUT2D eigenvalue weighted by Gasteiger charge is 1.99. The van der Waals surface area contributed by atoms with Crippen LogP contribution in [0.2, 0.25) is 0 Å². The first kappa shape index (κ1) is 25.4. The Labute approximate surface area is 179 Å². The number of nitrogens with one attached hydrogen (secondary N) is 1. The Kier molecular flexibility index (Phi) is 16.1. The zero-order valence-electron chi connectivity index (χ0n) is 19.1. The molecule has 164 valence electrons. The van der Waals surface area contributed by atoms with Gasteiger partial charge in [-0.25, -0.2) is 5.43 Å². The van der Waals surface area contributed by atoms with Crippen molar-refractivity contribution in [1.82, 2.24) is 5.43 Å². The molecule has 1 amide bonds. The fourth-order valence-corrected chi connectivity index (χ4v) is 3.54. The molecule has 0 aromatic heterocycles. The van der Waals surface area contributed by atoms with Gasteiger partial charge in [0.2, 0.25) is 5.91 Å². The molecule has 0 atom stereocenters. The predicted molar refractivity (Wildman–Crippen MR) is 126 cm³/mol. The Bertz CT molecular complexity index is 536. The number of unbranched alkanes of at least 4 members (excludes halogenated alkanes) is 14. The average Bonchev–Trinajstić information content (AvgIpc) is 2.72. The summed E-state index contributed by atoms with van der Waals surface area (Å²) in [4.78, 5) is 11.8. The fraction of sp³-hybridized carbons (Fsp3) is 0.692. The van der Waals surface area contributed by atoms with Gasteiger partial charge in [-0.3, -0.25) is 4.79 Å². The number of hydrogen-bond acceptors (Lipinski definition) is 2. The first-order valence-corrected chi connectivity index (χ1v) is 12.1. The van der Waals surface area contributed by atoms with Gasteiger partial charge in [0.25, 0.3) is 0 Å². The Balaban J connectivity index is 1.83. The molecule has 0 bridgehead atoms. The van der Waals surface area contributed by atoms with Crippen LogP contribution in [0, 0.1) is 6.92 Å². The van der Waals surface area contributed by atoms with E-state index in [0.29, 0.717) is 6.42 Å². The Morgan fingerprint density at radius 1 is 0.759 bits per heavy atom. The number of aryl methyl sites for hydroxylation is 1. The number of carbonyl (C=O) groups is 1. The Hall–Kier alpha value is -1.64. The van der Waals surface area contributed by atoms with E-state index in [1.54, 1.807) is 6.21 Å². The zero-order chi connectivity index (χ0) is 21.0. The van der Waals surface area contributed by atoms with Crippen molar-refractivity contribution in [1.29, 1.82) is 0 Å². The molecule has 0 unspecified atom stereocenters. The highest BCUT2D eigenvalue weighted by molar-refractivity contribution is 5.82. The molecular weight excluding hydrogens is 356 g/mol. The second-order valence-electron chi connectivity index (χ2n) is 8.40. The van der Waals surface area contributed by atoms with Crippen LogP contribution in [0.5, 0.6) is 0 Å². The topological polar surface area (TPSA) is 41.5 Å². The lowest BCUT2D eigenvalue weighted by Crippen LogP contribution is -2.16. The van der Waals surface area contributed by atoms with E-state index in [4.69, 9.17) is 0 Å². The molecule has 1 rings (SSSR count). The van der Waals surface area contributed by atoms with E-state index in [-0.39, 0.29) is 5.91 Å². The third-order valence-electron chi connectivity index (χ3n) is 5.49. The standard InChI is InChI=1S/C26H44N2O/c1-3-4-5-6-7-8-9-10-11-12-13-14-15-16-17-18-26(29)28-27-23-25-21-19-24(2)20-22-25/h19-23H,3-18H2,1-2H3,(H,28,29). The van der Waals surface area contributed by atoms with Crippen molar-refractivity contribution in [2.45, 2.75) is 117 Å². The number of nitrogens with zero attached hydrogens (tertiary/aromatic N) is 1. The molecule has 29 heavy (non-hydrogen) atoms. The number of amides is 1. The Morgan fingerprint density at radius 3 is 1.69 bits per heavy atom. The van der Waals surface area contributed by atoms with E-state index in [2.05, 4.69) is 24.4 Å². The number of benzene rings is 1. The maximum Gasteiger partial charge on any atom is 0.240 e. The number of carbonyl (C=O) groups excluding carboxylic acids is 1. The quantitative estimate of drug-likeness (QED) is 0.153. The summed E-state index contributed by atoms with van der Waals surface area (Å²) in [5, 5.41) is 4.04. The van der Waals surface area contributed by atoms with Crippen LogP contribution in [0.3, 0.4) is 0 Å². The third-order valence-corrected chi connectivity index (χ3v) is 5.49. The molecule has 0 radical (unpaired) electrons. The van der Waals surface area contributed by atoms with Gasteiger partial charge >= 0.3 is 0 Å². The van der Waals surface area contributed by atoms with Crippen LogP contribution >= 0.6 is 0 Å². The van der Waals surface area contributed by atoms with Crippen molar-refractivity contribution in [3.8, 4) is 0 Å². The van der Waals surface area contributed by atoms with E-state index in [9.17, 15) is 4.79 Å². The van der Waals surface area contributed by atoms with Gasteiger partial charge in [-0.15, -0.1) is 0 Å². The van der Waals surface area contributed by atoms with Crippen molar-refractivity contribution in [2.24, 2.45) is 5.10 Å². The molecule has 0 aliphatic heterocycles. The van der Waals surface area contributed by atoms with Crippen molar-refractivity contribution in [3.05, 3.63) is 35.4 Å². The number of hydrazone groups is 1. The molecule has 0 saturated carbocycles. The minimum absolute atomic E-state index is 0.0167. The van der Waals surface area contributed by atoms with Gasteiger partial charge in [0.15, 0.2) is 0 Å². The monoisotopic (exact) mass is 400 g/mol. The number of rotatable bonds is 18. The van der Waals surface area contributed by atoms with Crippen LogP contribution in [-0.2, 0) is 4.79 Å². The maximum absolute atomic E-state index is 11.8. The van der Waals surface area contributed by atoms with Crippen LogP contribution in [0.25, 0.3) is 0 Å². The van der Waals surface area contributed by atoms with Crippen LogP contribution in [0.1, 0.15) is 121 Å². The lowest BCUT2D eigenvalue weighted by atomic mass is 10.0. The van der Waals surface area contributed by atoms with Crippen molar-refractivity contribution in [3.63, 3.8) is 0 Å². The van der Waals surface area contributed by atoms with Gasteiger partial charge in [0.05, 0.1) is 6.21 Å². The minimum Gasteiger partial charge on any atom is -0.273 e. The molecule has 1 aromatic carbocycles. The largest absolute Gasteiger partial charge is 0.273 e. The summed E-state index contributed by atoms with van der Waals surface area (Å²) >= 11 is 0. The highest BCUT2D eigenvalue weighted by atomic mass is 16.2. The van der Waals surface area contributed by atoms with Crippen LogP contribution in [0.4, 0.5) is 0 Å². The SMILES string of the molecule is CCCCCCCCCCCCCCCCCC(=O)NN=Cc1ccc(C)cc1. The van der Waals surface area contributed by atoms with E-state index < -0.39 is 0 Å². The summed E-state index contributed by atoms with van der Waals surface area (Å²) in [6, 6.07) is 8.08. The van der Waals surface area contributed by atoms with E-state index in [1.165, 1.54) is 89.0 Å². The molecule has 0 aliphatic carbocycles. The molecule has 1 aromatic rings. The zero-order valence-corrected chi connectivity index (χ0v) is 19.1. The first-order valence-electron chi connectivity index (χ1n) is 12.1. The summed E-state index contributed by atoms with van der Waals surface area (Å²) in [5.74, 6) is 0.0167. The molecule has 0 spiro atoms. The van der Waals surface area contributed by atoms with E-state index in [1.807, 2.05) is 24.3 Å². The summed E-state index contributed by atoms with van der Waals surface area (Å²) in [5.41, 5.74) is 4.85. The lowest BCUT2D eigenvalue weighted by molar-refractivity contribution is -0.121. The van der Waals surface area contributed by atoms with Crippen LogP contribution in [0.15, 0.2) is 29.4 Å². The molecule has 0 aliphatic rings. The first-order chi connectivity index (χ1) is 14.2. The van der Waals surface area contributed by atoms with Gasteiger partial charge in [0, 0.05) is 6.42 Å². The summed E-state index contributed by atoms with van der Waals surface area (Å²) in [7, 11) is 0. The van der Waals surface area contributed by atoms with Gasteiger partial charge in [-0.2, -0.15) is 5.10 Å². The summed E-state index contributed by atoms with van der Waals surface area (Å²) < 4.78 is 0. The smallest absolute Gasteiger partial charge is 0.240 e. The minimum atomic E-state index is 0.0167. The molecule has 3 nitrogen and oxygen atoms in total. The molecule has 0 fully saturated rings. The predicted octanol–water partition coefficient (Wildman–Crippen LogP) is 7.71. The Morgan fingerprint density at radius 2 is 1.21 bits per heavy atom. The summed E-state index contributed by atoms with van der Waals surface area (Å²) in [6.45, 7) is 4.33. The van der Waals surface area contributed by atoms with Crippen molar-refractivity contribution in [2.75, 3.05) is 0 Å². The number of hydrogen-bond donors (Lipinski definition) is 1. The lowest BCUT2D eigenvalue weighted by Gasteiger charge is -2.03. The second-order valence-corrected chi connectivity index (χ2v) is 8.40. The maximum atomic E-state index is 11.8. The molecular formula is C26H44N2O. The average molecular weight is 401 g/mol. The highest BCUT2D eigenvalue weighted by Crippen LogP contribution is 2.13.